The molecule has 0 radical (unpaired) electrons. The summed E-state index contributed by atoms with van der Waals surface area (Å²) >= 11 is 0. The van der Waals surface area contributed by atoms with Crippen molar-refractivity contribution in [2.24, 2.45) is 0 Å². The maximum atomic E-state index is 12.7. The van der Waals surface area contributed by atoms with Gasteiger partial charge < -0.3 is 9.64 Å². The molecule has 0 bridgehead atoms. The fraction of sp³-hybridized carbons (Fsp3) is 0.435. The number of fused-ring (bicyclic) bond motifs is 1. The number of hydrogen-bond acceptors (Lipinski definition) is 3. The summed E-state index contributed by atoms with van der Waals surface area (Å²) in [4.78, 5) is 17.2. The Morgan fingerprint density at radius 3 is 2.70 bits per heavy atom. The zero-order valence-electron chi connectivity index (χ0n) is 16.1. The highest BCUT2D eigenvalue weighted by Crippen LogP contribution is 2.25. The summed E-state index contributed by atoms with van der Waals surface area (Å²) in [7, 11) is 1.68. The molecule has 1 unspecified atom stereocenters. The number of carbonyl (C=O) groups excluding carboxylic acids is 1. The first-order valence-corrected chi connectivity index (χ1v) is 9.94. The number of nitrogens with zero attached hydrogens (tertiary/aromatic N) is 2. The smallest absolute Gasteiger partial charge is 0.224 e. The molecule has 142 valence electrons. The Bertz CT molecular complexity index is 804. The summed E-state index contributed by atoms with van der Waals surface area (Å²) in [5.41, 5.74) is 4.11. The third-order valence-corrected chi connectivity index (χ3v) is 5.97. The van der Waals surface area contributed by atoms with Crippen molar-refractivity contribution in [3.05, 3.63) is 65.2 Å². The second-order valence-electron chi connectivity index (χ2n) is 7.62. The third kappa shape index (κ3) is 4.16. The Morgan fingerprint density at radius 2 is 1.85 bits per heavy atom. The minimum Gasteiger partial charge on any atom is -0.497 e. The molecule has 1 saturated heterocycles. The molecule has 0 N–H and O–H groups in total. The van der Waals surface area contributed by atoms with Crippen LogP contribution in [-0.4, -0.2) is 48.5 Å². The lowest BCUT2D eigenvalue weighted by Gasteiger charge is -2.34. The Kier molecular flexibility index (Phi) is 5.44. The van der Waals surface area contributed by atoms with Crippen molar-refractivity contribution in [1.29, 1.82) is 0 Å². The molecule has 1 aliphatic carbocycles. The SMILES string of the molecule is COc1cccc(CN2CCN(C3CCc4ccccc4C3)CCC2=O)c1. The highest BCUT2D eigenvalue weighted by molar-refractivity contribution is 5.76. The maximum absolute atomic E-state index is 12.7. The van der Waals surface area contributed by atoms with E-state index in [0.717, 1.165) is 43.8 Å². The molecule has 1 heterocycles. The molecule has 27 heavy (non-hydrogen) atoms. The summed E-state index contributed by atoms with van der Waals surface area (Å²) in [6, 6.07) is 17.4. The van der Waals surface area contributed by atoms with Crippen LogP contribution in [-0.2, 0) is 24.2 Å². The quantitative estimate of drug-likeness (QED) is 0.835. The van der Waals surface area contributed by atoms with E-state index >= 15 is 0 Å². The van der Waals surface area contributed by atoms with Gasteiger partial charge in [0.25, 0.3) is 0 Å². The zero-order valence-corrected chi connectivity index (χ0v) is 16.1. The number of benzene rings is 2. The second kappa shape index (κ2) is 8.13. The molecule has 0 aromatic heterocycles. The largest absolute Gasteiger partial charge is 0.497 e. The van der Waals surface area contributed by atoms with Gasteiger partial charge >= 0.3 is 0 Å². The van der Waals surface area contributed by atoms with Gasteiger partial charge in [-0.25, -0.2) is 0 Å². The van der Waals surface area contributed by atoms with Crippen molar-refractivity contribution < 1.29 is 9.53 Å². The average molecular weight is 364 g/mol. The van der Waals surface area contributed by atoms with Crippen molar-refractivity contribution in [2.45, 2.75) is 38.3 Å². The van der Waals surface area contributed by atoms with Gasteiger partial charge in [0.2, 0.25) is 5.91 Å². The highest BCUT2D eigenvalue weighted by Gasteiger charge is 2.28. The highest BCUT2D eigenvalue weighted by atomic mass is 16.5. The molecule has 4 heteroatoms. The van der Waals surface area contributed by atoms with Crippen molar-refractivity contribution >= 4 is 5.91 Å². The first-order valence-electron chi connectivity index (χ1n) is 9.94. The van der Waals surface area contributed by atoms with Crippen LogP contribution in [0.15, 0.2) is 48.5 Å². The van der Waals surface area contributed by atoms with Gasteiger partial charge in [-0.2, -0.15) is 0 Å². The number of carbonyl (C=O) groups is 1. The molecule has 4 rings (SSSR count). The third-order valence-electron chi connectivity index (χ3n) is 5.97. The van der Waals surface area contributed by atoms with Gasteiger partial charge in [0.1, 0.15) is 5.75 Å². The lowest BCUT2D eigenvalue weighted by molar-refractivity contribution is -0.130. The molecule has 2 aliphatic rings. The Labute approximate surface area is 161 Å². The summed E-state index contributed by atoms with van der Waals surface area (Å²) in [5, 5.41) is 0. The van der Waals surface area contributed by atoms with Crippen LogP contribution in [0, 0.1) is 0 Å². The summed E-state index contributed by atoms with van der Waals surface area (Å²) in [5.74, 6) is 1.11. The molecule has 0 saturated carbocycles. The predicted molar refractivity (Wildman–Crippen MR) is 107 cm³/mol. The van der Waals surface area contributed by atoms with Crippen LogP contribution in [0.4, 0.5) is 0 Å². The van der Waals surface area contributed by atoms with Crippen molar-refractivity contribution in [2.75, 3.05) is 26.7 Å². The summed E-state index contributed by atoms with van der Waals surface area (Å²) in [6.07, 6.45) is 4.07. The van der Waals surface area contributed by atoms with Crippen LogP contribution in [0.2, 0.25) is 0 Å². The normalized spacial score (nSPS) is 20.9. The molecule has 0 spiro atoms. The fourth-order valence-electron chi connectivity index (χ4n) is 4.40. The number of rotatable bonds is 4. The van der Waals surface area contributed by atoms with Gasteiger partial charge in [0.15, 0.2) is 0 Å². The van der Waals surface area contributed by atoms with Crippen LogP contribution >= 0.6 is 0 Å². The second-order valence-corrected chi connectivity index (χ2v) is 7.62. The zero-order chi connectivity index (χ0) is 18.6. The van der Waals surface area contributed by atoms with Crippen molar-refractivity contribution in [1.82, 2.24) is 9.80 Å². The van der Waals surface area contributed by atoms with E-state index in [-0.39, 0.29) is 5.91 Å². The van der Waals surface area contributed by atoms with Crippen LogP contribution in [0.1, 0.15) is 29.5 Å². The molecule has 4 nitrogen and oxygen atoms in total. The standard InChI is InChI=1S/C23H28N2O2/c1-27-22-8-4-5-18(15-22)17-25-14-13-24(12-11-23(25)26)21-10-9-19-6-2-3-7-20(19)16-21/h2-8,15,21H,9-14,16-17H2,1H3. The van der Waals surface area contributed by atoms with Gasteiger partial charge in [-0.3, -0.25) is 9.69 Å². The maximum Gasteiger partial charge on any atom is 0.224 e. The minimum atomic E-state index is 0.261. The predicted octanol–water partition coefficient (Wildman–Crippen LogP) is 3.29. The lowest BCUT2D eigenvalue weighted by Crippen LogP contribution is -2.41. The van der Waals surface area contributed by atoms with Crippen LogP contribution in [0.25, 0.3) is 0 Å². The first kappa shape index (κ1) is 18.1. The minimum absolute atomic E-state index is 0.261. The summed E-state index contributed by atoms with van der Waals surface area (Å²) in [6.45, 7) is 3.30. The van der Waals surface area contributed by atoms with E-state index < -0.39 is 0 Å². The van der Waals surface area contributed by atoms with E-state index in [4.69, 9.17) is 4.74 Å². The van der Waals surface area contributed by atoms with Crippen LogP contribution in [0.3, 0.4) is 0 Å². The van der Waals surface area contributed by atoms with E-state index in [1.807, 2.05) is 23.1 Å². The van der Waals surface area contributed by atoms with Gasteiger partial charge in [0.05, 0.1) is 7.11 Å². The van der Waals surface area contributed by atoms with E-state index in [0.29, 0.717) is 19.0 Å². The summed E-state index contributed by atoms with van der Waals surface area (Å²) < 4.78 is 5.31. The van der Waals surface area contributed by atoms with Crippen molar-refractivity contribution in [3.63, 3.8) is 0 Å². The molecule has 2 aromatic rings. The van der Waals surface area contributed by atoms with E-state index in [1.54, 1.807) is 7.11 Å². The molecule has 1 aliphatic heterocycles. The first-order chi connectivity index (χ1) is 13.2. The molecule has 1 atom stereocenters. The molecule has 2 aromatic carbocycles. The fourth-order valence-corrected chi connectivity index (χ4v) is 4.40. The van der Waals surface area contributed by atoms with Gasteiger partial charge in [-0.1, -0.05) is 36.4 Å². The molecule has 1 amide bonds. The number of amides is 1. The topological polar surface area (TPSA) is 32.8 Å². The van der Waals surface area contributed by atoms with E-state index in [9.17, 15) is 4.79 Å². The molecule has 1 fully saturated rings. The van der Waals surface area contributed by atoms with Crippen LogP contribution < -0.4 is 4.74 Å². The van der Waals surface area contributed by atoms with Crippen molar-refractivity contribution in [3.8, 4) is 5.75 Å². The Morgan fingerprint density at radius 1 is 1.00 bits per heavy atom. The van der Waals surface area contributed by atoms with Gasteiger partial charge in [0, 0.05) is 38.6 Å². The average Bonchev–Trinajstić information content (AvgIpc) is 2.90. The van der Waals surface area contributed by atoms with E-state index in [1.165, 1.54) is 17.5 Å². The molecular weight excluding hydrogens is 336 g/mol. The van der Waals surface area contributed by atoms with Gasteiger partial charge in [-0.15, -0.1) is 0 Å². The monoisotopic (exact) mass is 364 g/mol. The number of hydrogen-bond donors (Lipinski definition) is 0. The van der Waals surface area contributed by atoms with Crippen LogP contribution in [0.5, 0.6) is 5.75 Å². The van der Waals surface area contributed by atoms with Gasteiger partial charge in [-0.05, 0) is 48.1 Å². The number of ether oxygens (including phenoxy) is 1. The number of aryl methyl sites for hydroxylation is 1. The lowest BCUT2D eigenvalue weighted by atomic mass is 9.87. The number of methoxy groups -OCH3 is 1. The Balaban J connectivity index is 1.40. The Hall–Kier alpha value is -2.33. The van der Waals surface area contributed by atoms with E-state index in [2.05, 4.69) is 35.2 Å². The molecular formula is C23H28N2O2.